The molecule has 2 aromatic rings. The van der Waals surface area contributed by atoms with Gasteiger partial charge in [0.2, 0.25) is 0 Å². The fourth-order valence-corrected chi connectivity index (χ4v) is 2.35. The lowest BCUT2D eigenvalue weighted by Gasteiger charge is -2.18. The zero-order chi connectivity index (χ0) is 17.4. The minimum atomic E-state index is -0.206. The van der Waals surface area contributed by atoms with Crippen molar-refractivity contribution in [3.63, 3.8) is 0 Å². The average Bonchev–Trinajstić information content (AvgIpc) is 2.64. The maximum Gasteiger partial charge on any atom is 0.271 e. The number of benzene rings is 1. The minimum Gasteiger partial charge on any atom is -0.497 e. The van der Waals surface area contributed by atoms with Gasteiger partial charge in [-0.3, -0.25) is 4.79 Å². The molecule has 128 valence electrons. The lowest BCUT2D eigenvalue weighted by Crippen LogP contribution is -2.27. The van der Waals surface area contributed by atoms with Gasteiger partial charge in [-0.05, 0) is 38.0 Å². The highest BCUT2D eigenvalue weighted by molar-refractivity contribution is 5.92. The summed E-state index contributed by atoms with van der Waals surface area (Å²) in [6.45, 7) is 6.39. The van der Waals surface area contributed by atoms with Crippen molar-refractivity contribution in [1.29, 1.82) is 0 Å². The van der Waals surface area contributed by atoms with Gasteiger partial charge in [0.15, 0.2) is 0 Å². The molecule has 1 aromatic carbocycles. The molecule has 1 N–H and O–H groups in total. The summed E-state index contributed by atoms with van der Waals surface area (Å²) in [6.07, 6.45) is 3.92. The molecule has 0 bridgehead atoms. The second kappa shape index (κ2) is 8.86. The fourth-order valence-electron chi connectivity index (χ4n) is 2.35. The average molecular weight is 328 g/mol. The van der Waals surface area contributed by atoms with Gasteiger partial charge in [-0.1, -0.05) is 12.1 Å². The van der Waals surface area contributed by atoms with Crippen LogP contribution in [0, 0.1) is 0 Å². The quantitative estimate of drug-likeness (QED) is 0.805. The second-order valence-electron chi connectivity index (χ2n) is 5.29. The van der Waals surface area contributed by atoms with Gasteiger partial charge >= 0.3 is 0 Å². The Balaban J connectivity index is 1.85. The summed E-state index contributed by atoms with van der Waals surface area (Å²) in [7, 11) is 1.64. The number of anilines is 1. The first-order valence-corrected chi connectivity index (χ1v) is 8.16. The van der Waals surface area contributed by atoms with E-state index >= 15 is 0 Å². The monoisotopic (exact) mass is 328 g/mol. The molecule has 24 heavy (non-hydrogen) atoms. The van der Waals surface area contributed by atoms with Crippen molar-refractivity contribution in [2.45, 2.75) is 20.3 Å². The Morgan fingerprint density at radius 1 is 1.12 bits per heavy atom. The van der Waals surface area contributed by atoms with Crippen LogP contribution in [0.1, 0.15) is 29.9 Å². The van der Waals surface area contributed by atoms with E-state index in [1.165, 1.54) is 6.20 Å². The number of carbonyl (C=O) groups excluding carboxylic acids is 1. The smallest absolute Gasteiger partial charge is 0.271 e. The number of rotatable bonds is 8. The Labute approximate surface area is 142 Å². The molecular formula is C18H24N4O2. The molecule has 0 fully saturated rings. The zero-order valence-corrected chi connectivity index (χ0v) is 14.5. The van der Waals surface area contributed by atoms with E-state index < -0.39 is 0 Å². The summed E-state index contributed by atoms with van der Waals surface area (Å²) in [5.74, 6) is 1.41. The summed E-state index contributed by atoms with van der Waals surface area (Å²) in [6, 6.07) is 7.80. The number of hydrogen-bond acceptors (Lipinski definition) is 5. The highest BCUT2D eigenvalue weighted by Crippen LogP contribution is 2.11. The van der Waals surface area contributed by atoms with Gasteiger partial charge in [-0.2, -0.15) is 0 Å². The number of hydrogen-bond donors (Lipinski definition) is 1. The third-order valence-electron chi connectivity index (χ3n) is 3.82. The summed E-state index contributed by atoms with van der Waals surface area (Å²) < 4.78 is 5.12. The van der Waals surface area contributed by atoms with Gasteiger partial charge in [0.25, 0.3) is 5.91 Å². The molecule has 1 heterocycles. The number of aromatic nitrogens is 2. The topological polar surface area (TPSA) is 67.4 Å². The standard InChI is InChI=1S/C18H24N4O2/c1-4-22(5-2)17-13-20-16(12-21-17)18(23)19-11-10-14-6-8-15(24-3)9-7-14/h6-9,12-13H,4-5,10-11H2,1-3H3,(H,19,23). The van der Waals surface area contributed by atoms with Crippen molar-refractivity contribution in [3.05, 3.63) is 47.9 Å². The normalized spacial score (nSPS) is 10.3. The van der Waals surface area contributed by atoms with Crippen molar-refractivity contribution >= 4 is 11.7 Å². The van der Waals surface area contributed by atoms with Crippen LogP contribution in [-0.2, 0) is 6.42 Å². The van der Waals surface area contributed by atoms with Gasteiger partial charge in [0.1, 0.15) is 17.3 Å². The fraction of sp³-hybridized carbons (Fsp3) is 0.389. The van der Waals surface area contributed by atoms with Gasteiger partial charge in [-0.15, -0.1) is 0 Å². The van der Waals surface area contributed by atoms with Crippen molar-refractivity contribution in [2.24, 2.45) is 0 Å². The van der Waals surface area contributed by atoms with Crippen LogP contribution in [0.25, 0.3) is 0 Å². The zero-order valence-electron chi connectivity index (χ0n) is 14.5. The van der Waals surface area contributed by atoms with Crippen LogP contribution in [-0.4, -0.2) is 42.6 Å². The van der Waals surface area contributed by atoms with Crippen LogP contribution in [0.3, 0.4) is 0 Å². The summed E-state index contributed by atoms with van der Waals surface area (Å²) in [5.41, 5.74) is 1.47. The molecule has 0 saturated carbocycles. The van der Waals surface area contributed by atoms with E-state index in [1.54, 1.807) is 13.3 Å². The Bertz CT molecular complexity index is 637. The molecule has 0 atom stereocenters. The van der Waals surface area contributed by atoms with Crippen molar-refractivity contribution < 1.29 is 9.53 Å². The number of ether oxygens (including phenoxy) is 1. The number of carbonyl (C=O) groups is 1. The number of methoxy groups -OCH3 is 1. The number of nitrogens with one attached hydrogen (secondary N) is 1. The Morgan fingerprint density at radius 3 is 2.38 bits per heavy atom. The van der Waals surface area contributed by atoms with Crippen molar-refractivity contribution in [2.75, 3.05) is 31.6 Å². The molecule has 0 unspecified atom stereocenters. The minimum absolute atomic E-state index is 0.206. The molecule has 6 heteroatoms. The van der Waals surface area contributed by atoms with Crippen LogP contribution in [0.2, 0.25) is 0 Å². The summed E-state index contributed by atoms with van der Waals surface area (Å²) in [5, 5.41) is 2.87. The molecule has 0 aliphatic rings. The van der Waals surface area contributed by atoms with Gasteiger partial charge < -0.3 is 15.0 Å². The predicted octanol–water partition coefficient (Wildman–Crippen LogP) is 2.30. The molecular weight excluding hydrogens is 304 g/mol. The summed E-state index contributed by atoms with van der Waals surface area (Å²) in [4.78, 5) is 22.7. The van der Waals surface area contributed by atoms with Crippen LogP contribution < -0.4 is 15.0 Å². The molecule has 0 spiro atoms. The predicted molar refractivity (Wildman–Crippen MR) is 94.6 cm³/mol. The van der Waals surface area contributed by atoms with Crippen molar-refractivity contribution in [3.8, 4) is 5.75 Å². The largest absolute Gasteiger partial charge is 0.497 e. The van der Waals surface area contributed by atoms with E-state index in [0.29, 0.717) is 12.2 Å². The van der Waals surface area contributed by atoms with Crippen LogP contribution in [0.15, 0.2) is 36.7 Å². The Kier molecular flexibility index (Phi) is 6.54. The first-order chi connectivity index (χ1) is 11.7. The first kappa shape index (κ1) is 17.7. The maximum atomic E-state index is 12.1. The molecule has 1 aromatic heterocycles. The van der Waals surface area contributed by atoms with E-state index in [4.69, 9.17) is 4.74 Å². The van der Waals surface area contributed by atoms with Crippen LogP contribution in [0.4, 0.5) is 5.82 Å². The number of nitrogens with zero attached hydrogens (tertiary/aromatic N) is 3. The maximum absolute atomic E-state index is 12.1. The lowest BCUT2D eigenvalue weighted by atomic mass is 10.1. The molecule has 1 amide bonds. The van der Waals surface area contributed by atoms with Crippen molar-refractivity contribution in [1.82, 2.24) is 15.3 Å². The molecule has 0 radical (unpaired) electrons. The third kappa shape index (κ3) is 4.68. The van der Waals surface area contributed by atoms with Gasteiger partial charge in [-0.25, -0.2) is 9.97 Å². The lowest BCUT2D eigenvalue weighted by molar-refractivity contribution is 0.0949. The summed E-state index contributed by atoms with van der Waals surface area (Å²) >= 11 is 0. The van der Waals surface area contributed by atoms with E-state index in [0.717, 1.165) is 36.6 Å². The van der Waals surface area contributed by atoms with Crippen LogP contribution in [0.5, 0.6) is 5.75 Å². The Morgan fingerprint density at radius 2 is 1.83 bits per heavy atom. The molecule has 6 nitrogen and oxygen atoms in total. The number of amides is 1. The van der Waals surface area contributed by atoms with Gasteiger partial charge in [0, 0.05) is 19.6 Å². The van der Waals surface area contributed by atoms with Gasteiger partial charge in [0.05, 0.1) is 19.5 Å². The van der Waals surface area contributed by atoms with E-state index in [-0.39, 0.29) is 5.91 Å². The van der Waals surface area contributed by atoms with E-state index in [2.05, 4.69) is 34.0 Å². The molecule has 0 aliphatic carbocycles. The van der Waals surface area contributed by atoms with E-state index in [9.17, 15) is 4.79 Å². The first-order valence-electron chi connectivity index (χ1n) is 8.16. The Hall–Kier alpha value is -2.63. The van der Waals surface area contributed by atoms with Crippen LogP contribution >= 0.6 is 0 Å². The third-order valence-corrected chi connectivity index (χ3v) is 3.82. The SMILES string of the molecule is CCN(CC)c1cnc(C(=O)NCCc2ccc(OC)cc2)cn1. The highest BCUT2D eigenvalue weighted by Gasteiger charge is 2.09. The highest BCUT2D eigenvalue weighted by atomic mass is 16.5. The molecule has 2 rings (SSSR count). The van der Waals surface area contributed by atoms with E-state index in [1.807, 2.05) is 24.3 Å². The molecule has 0 aliphatic heterocycles. The second-order valence-corrected chi connectivity index (χ2v) is 5.29. The molecule has 0 saturated heterocycles.